The highest BCUT2D eigenvalue weighted by molar-refractivity contribution is 5.55. The summed E-state index contributed by atoms with van der Waals surface area (Å²) in [5, 5.41) is 0. The average molecular weight is 248 g/mol. The minimum atomic E-state index is -0.265. The van der Waals surface area contributed by atoms with Crippen LogP contribution in [0.4, 0.5) is 10.1 Å². The van der Waals surface area contributed by atoms with Gasteiger partial charge in [0, 0.05) is 13.1 Å². The van der Waals surface area contributed by atoms with Crippen LogP contribution in [0.2, 0.25) is 0 Å². The van der Waals surface area contributed by atoms with Crippen molar-refractivity contribution in [2.45, 2.75) is 19.5 Å². The molecular formula is C14H17FN2O. The SMILES string of the molecule is C[C@H](N)c1cccc(F)c1N(C)Cc1ccco1. The smallest absolute Gasteiger partial charge is 0.146 e. The van der Waals surface area contributed by atoms with Crippen LogP contribution in [-0.4, -0.2) is 7.05 Å². The maximum Gasteiger partial charge on any atom is 0.146 e. The highest BCUT2D eigenvalue weighted by Gasteiger charge is 2.16. The van der Waals surface area contributed by atoms with Crippen molar-refractivity contribution in [2.75, 3.05) is 11.9 Å². The molecule has 0 bridgehead atoms. The maximum atomic E-state index is 14.0. The van der Waals surface area contributed by atoms with E-state index in [-0.39, 0.29) is 11.9 Å². The summed E-state index contributed by atoms with van der Waals surface area (Å²) in [6, 6.07) is 8.44. The van der Waals surface area contributed by atoms with Crippen molar-refractivity contribution in [3.05, 3.63) is 53.7 Å². The molecule has 0 aliphatic heterocycles. The average Bonchev–Trinajstić information content (AvgIpc) is 2.81. The van der Waals surface area contributed by atoms with Crippen molar-refractivity contribution in [3.8, 4) is 0 Å². The summed E-state index contributed by atoms with van der Waals surface area (Å²) in [6.07, 6.45) is 1.61. The molecular weight excluding hydrogens is 231 g/mol. The fourth-order valence-electron chi connectivity index (χ4n) is 2.02. The summed E-state index contributed by atoms with van der Waals surface area (Å²) >= 11 is 0. The molecule has 0 aliphatic rings. The van der Waals surface area contributed by atoms with Crippen LogP contribution >= 0.6 is 0 Å². The molecule has 0 saturated carbocycles. The van der Waals surface area contributed by atoms with E-state index in [0.717, 1.165) is 11.3 Å². The molecule has 0 radical (unpaired) electrons. The molecule has 1 aromatic carbocycles. The predicted molar refractivity (Wildman–Crippen MR) is 69.8 cm³/mol. The summed E-state index contributed by atoms with van der Waals surface area (Å²) in [5.41, 5.74) is 7.20. The quantitative estimate of drug-likeness (QED) is 0.904. The largest absolute Gasteiger partial charge is 0.467 e. The molecule has 0 fully saturated rings. The number of anilines is 1. The first-order valence-corrected chi connectivity index (χ1v) is 5.87. The van der Waals surface area contributed by atoms with Gasteiger partial charge in [-0.2, -0.15) is 0 Å². The number of rotatable bonds is 4. The Balaban J connectivity index is 2.31. The molecule has 0 aliphatic carbocycles. The Morgan fingerprint density at radius 3 is 2.72 bits per heavy atom. The second-order valence-corrected chi connectivity index (χ2v) is 4.40. The Kier molecular flexibility index (Phi) is 3.67. The highest BCUT2D eigenvalue weighted by atomic mass is 19.1. The van der Waals surface area contributed by atoms with Crippen LogP contribution in [0.1, 0.15) is 24.3 Å². The first kappa shape index (κ1) is 12.6. The number of benzene rings is 1. The van der Waals surface area contributed by atoms with Gasteiger partial charge in [0.25, 0.3) is 0 Å². The zero-order valence-corrected chi connectivity index (χ0v) is 10.6. The second kappa shape index (κ2) is 5.23. The minimum Gasteiger partial charge on any atom is -0.467 e. The van der Waals surface area contributed by atoms with Gasteiger partial charge in [-0.3, -0.25) is 0 Å². The molecule has 0 unspecified atom stereocenters. The van der Waals surface area contributed by atoms with Gasteiger partial charge in [-0.05, 0) is 30.7 Å². The van der Waals surface area contributed by atoms with Crippen molar-refractivity contribution < 1.29 is 8.81 Å². The lowest BCUT2D eigenvalue weighted by Crippen LogP contribution is -2.21. The van der Waals surface area contributed by atoms with Gasteiger partial charge in [-0.1, -0.05) is 12.1 Å². The Bertz CT molecular complexity index is 509. The van der Waals surface area contributed by atoms with E-state index in [0.29, 0.717) is 12.2 Å². The Hall–Kier alpha value is -1.81. The number of hydrogen-bond donors (Lipinski definition) is 1. The fraction of sp³-hybridized carbons (Fsp3) is 0.286. The van der Waals surface area contributed by atoms with E-state index in [1.807, 2.05) is 37.1 Å². The topological polar surface area (TPSA) is 42.4 Å². The zero-order valence-electron chi connectivity index (χ0n) is 10.6. The molecule has 18 heavy (non-hydrogen) atoms. The summed E-state index contributed by atoms with van der Waals surface area (Å²) in [7, 11) is 1.83. The molecule has 3 nitrogen and oxygen atoms in total. The van der Waals surface area contributed by atoms with Crippen LogP contribution in [0.5, 0.6) is 0 Å². The van der Waals surface area contributed by atoms with Gasteiger partial charge in [0.1, 0.15) is 11.6 Å². The van der Waals surface area contributed by atoms with Crippen molar-refractivity contribution in [3.63, 3.8) is 0 Å². The summed E-state index contributed by atoms with van der Waals surface area (Å²) in [6.45, 7) is 2.35. The molecule has 1 aromatic heterocycles. The number of para-hydroxylation sites is 1. The van der Waals surface area contributed by atoms with Gasteiger partial charge < -0.3 is 15.1 Å². The van der Waals surface area contributed by atoms with E-state index in [2.05, 4.69) is 0 Å². The van der Waals surface area contributed by atoms with Gasteiger partial charge >= 0.3 is 0 Å². The Morgan fingerprint density at radius 1 is 1.33 bits per heavy atom. The lowest BCUT2D eigenvalue weighted by molar-refractivity contribution is 0.505. The van der Waals surface area contributed by atoms with E-state index in [4.69, 9.17) is 10.2 Å². The van der Waals surface area contributed by atoms with Crippen molar-refractivity contribution in [1.82, 2.24) is 0 Å². The molecule has 2 aromatic rings. The molecule has 0 saturated heterocycles. The third-order valence-electron chi connectivity index (χ3n) is 2.86. The monoisotopic (exact) mass is 248 g/mol. The molecule has 1 heterocycles. The van der Waals surface area contributed by atoms with Crippen LogP contribution in [-0.2, 0) is 6.54 Å². The standard InChI is InChI=1S/C14H17FN2O/c1-10(16)12-6-3-7-13(15)14(12)17(2)9-11-5-4-8-18-11/h3-8,10H,9,16H2,1-2H3/t10-/m0/s1. The first-order chi connectivity index (χ1) is 8.59. The lowest BCUT2D eigenvalue weighted by atomic mass is 10.1. The maximum absolute atomic E-state index is 14.0. The van der Waals surface area contributed by atoms with Crippen molar-refractivity contribution in [2.24, 2.45) is 5.73 Å². The van der Waals surface area contributed by atoms with Crippen molar-refractivity contribution in [1.29, 1.82) is 0 Å². The molecule has 2 N–H and O–H groups in total. The number of nitrogens with zero attached hydrogens (tertiary/aromatic N) is 1. The Morgan fingerprint density at radius 2 is 2.11 bits per heavy atom. The minimum absolute atomic E-state index is 0.213. The van der Waals surface area contributed by atoms with Gasteiger partial charge in [-0.15, -0.1) is 0 Å². The van der Waals surface area contributed by atoms with E-state index in [1.54, 1.807) is 12.3 Å². The first-order valence-electron chi connectivity index (χ1n) is 5.87. The summed E-state index contributed by atoms with van der Waals surface area (Å²) in [4.78, 5) is 1.81. The normalized spacial score (nSPS) is 12.4. The van der Waals surface area contributed by atoms with Crippen LogP contribution in [0.25, 0.3) is 0 Å². The molecule has 1 atom stereocenters. The van der Waals surface area contributed by atoms with Gasteiger partial charge in [0.2, 0.25) is 0 Å². The molecule has 0 spiro atoms. The van der Waals surface area contributed by atoms with Crippen LogP contribution in [0.3, 0.4) is 0 Å². The number of hydrogen-bond acceptors (Lipinski definition) is 3. The van der Waals surface area contributed by atoms with E-state index < -0.39 is 0 Å². The Labute approximate surface area is 106 Å². The number of furan rings is 1. The molecule has 2 rings (SSSR count). The fourth-order valence-corrected chi connectivity index (χ4v) is 2.02. The van der Waals surface area contributed by atoms with Gasteiger partial charge in [0.15, 0.2) is 0 Å². The van der Waals surface area contributed by atoms with Gasteiger partial charge in [-0.25, -0.2) is 4.39 Å². The summed E-state index contributed by atoms with van der Waals surface area (Å²) < 4.78 is 19.2. The third-order valence-corrected chi connectivity index (χ3v) is 2.86. The van der Waals surface area contributed by atoms with Crippen molar-refractivity contribution >= 4 is 5.69 Å². The van der Waals surface area contributed by atoms with E-state index >= 15 is 0 Å². The van der Waals surface area contributed by atoms with Crippen LogP contribution in [0, 0.1) is 5.82 Å². The van der Waals surface area contributed by atoms with Crippen LogP contribution in [0.15, 0.2) is 41.0 Å². The second-order valence-electron chi connectivity index (χ2n) is 4.40. The predicted octanol–water partition coefficient (Wildman–Crippen LogP) is 3.07. The van der Waals surface area contributed by atoms with Crippen LogP contribution < -0.4 is 10.6 Å². The molecule has 4 heteroatoms. The van der Waals surface area contributed by atoms with E-state index in [9.17, 15) is 4.39 Å². The summed E-state index contributed by atoms with van der Waals surface area (Å²) in [5.74, 6) is 0.523. The van der Waals surface area contributed by atoms with Gasteiger partial charge in [0.05, 0.1) is 18.5 Å². The van der Waals surface area contributed by atoms with E-state index in [1.165, 1.54) is 6.07 Å². The molecule has 96 valence electrons. The zero-order chi connectivity index (χ0) is 13.1. The third kappa shape index (κ3) is 2.54. The number of nitrogens with two attached hydrogens (primary N) is 1. The highest BCUT2D eigenvalue weighted by Crippen LogP contribution is 2.28. The molecule has 0 amide bonds. The number of halogens is 1. The lowest BCUT2D eigenvalue weighted by Gasteiger charge is -2.23.